The van der Waals surface area contributed by atoms with E-state index in [1.165, 1.54) is 12.5 Å². The molecule has 0 unspecified atom stereocenters. The number of ether oxygens (including phenoxy) is 2. The topological polar surface area (TPSA) is 97.4 Å². The maximum atomic E-state index is 12.2. The van der Waals surface area contributed by atoms with Crippen molar-refractivity contribution in [2.75, 3.05) is 30.3 Å². The predicted octanol–water partition coefficient (Wildman–Crippen LogP) is 3.31. The van der Waals surface area contributed by atoms with Crippen molar-refractivity contribution in [2.24, 2.45) is 0 Å². The number of hydrogen-bond acceptors (Lipinski definition) is 6. The molecule has 8 nitrogen and oxygen atoms in total. The second-order valence-corrected chi connectivity index (χ2v) is 6.28. The first-order valence-corrected chi connectivity index (χ1v) is 8.83. The zero-order chi connectivity index (χ0) is 19.1. The number of carbonyl (C=O) groups is 1. The average Bonchev–Trinajstić information content (AvgIpc) is 2.92. The molecule has 0 bridgehead atoms. The highest BCUT2D eigenvalue weighted by atomic mass is 35.5. The van der Waals surface area contributed by atoms with Crippen LogP contribution in [0.4, 0.5) is 16.3 Å². The SMILES string of the molecule is Cc1cnc(NC(=O)Nc2cc(Cl)ccc2O/C=C2/CNCCCO2)cn1. The Balaban J connectivity index is 1.68. The zero-order valence-corrected chi connectivity index (χ0v) is 15.5. The van der Waals surface area contributed by atoms with Crippen LogP contribution in [0.2, 0.25) is 5.02 Å². The summed E-state index contributed by atoms with van der Waals surface area (Å²) in [6.45, 7) is 3.93. The molecule has 0 spiro atoms. The lowest BCUT2D eigenvalue weighted by molar-refractivity contribution is 0.209. The number of nitrogens with zero attached hydrogens (tertiary/aromatic N) is 2. The number of benzene rings is 1. The first-order valence-electron chi connectivity index (χ1n) is 8.45. The Morgan fingerprint density at radius 3 is 3.04 bits per heavy atom. The van der Waals surface area contributed by atoms with Crippen LogP contribution in [0, 0.1) is 6.92 Å². The Hall–Kier alpha value is -2.84. The fraction of sp³-hybridized carbons (Fsp3) is 0.278. The molecule has 0 saturated carbocycles. The number of urea groups is 1. The highest BCUT2D eigenvalue weighted by molar-refractivity contribution is 6.31. The molecule has 1 aliphatic heterocycles. The van der Waals surface area contributed by atoms with Gasteiger partial charge in [-0.05, 0) is 38.1 Å². The third-order valence-corrected chi connectivity index (χ3v) is 3.85. The second kappa shape index (κ2) is 9.20. The van der Waals surface area contributed by atoms with Gasteiger partial charge in [-0.15, -0.1) is 0 Å². The lowest BCUT2D eigenvalue weighted by atomic mass is 10.3. The van der Waals surface area contributed by atoms with Gasteiger partial charge in [0.25, 0.3) is 0 Å². The second-order valence-electron chi connectivity index (χ2n) is 5.84. The van der Waals surface area contributed by atoms with Gasteiger partial charge >= 0.3 is 6.03 Å². The maximum absolute atomic E-state index is 12.2. The summed E-state index contributed by atoms with van der Waals surface area (Å²) in [5.41, 5.74) is 1.17. The number of rotatable bonds is 4. The van der Waals surface area contributed by atoms with Gasteiger partial charge in [-0.3, -0.25) is 10.3 Å². The number of aromatic nitrogens is 2. The van der Waals surface area contributed by atoms with E-state index in [4.69, 9.17) is 21.1 Å². The number of anilines is 2. The number of aryl methyl sites for hydroxylation is 1. The Kier molecular flexibility index (Phi) is 6.45. The molecule has 0 atom stereocenters. The predicted molar refractivity (Wildman–Crippen MR) is 103 cm³/mol. The van der Waals surface area contributed by atoms with Gasteiger partial charge in [-0.1, -0.05) is 11.6 Å². The van der Waals surface area contributed by atoms with E-state index < -0.39 is 6.03 Å². The van der Waals surface area contributed by atoms with Crippen molar-refractivity contribution in [2.45, 2.75) is 13.3 Å². The minimum Gasteiger partial charge on any atom is -0.493 e. The highest BCUT2D eigenvalue weighted by Gasteiger charge is 2.11. The van der Waals surface area contributed by atoms with Crippen LogP contribution in [-0.4, -0.2) is 35.7 Å². The molecule has 1 saturated heterocycles. The summed E-state index contributed by atoms with van der Waals surface area (Å²) in [7, 11) is 0. The van der Waals surface area contributed by atoms with Crippen molar-refractivity contribution < 1.29 is 14.3 Å². The number of hydrogen-bond donors (Lipinski definition) is 3. The molecule has 142 valence electrons. The van der Waals surface area contributed by atoms with E-state index in [0.717, 1.165) is 18.7 Å². The van der Waals surface area contributed by atoms with Crippen molar-refractivity contribution in [1.82, 2.24) is 15.3 Å². The van der Waals surface area contributed by atoms with Gasteiger partial charge in [-0.25, -0.2) is 9.78 Å². The van der Waals surface area contributed by atoms with E-state index in [9.17, 15) is 4.79 Å². The van der Waals surface area contributed by atoms with E-state index >= 15 is 0 Å². The normalized spacial score (nSPS) is 15.6. The Bertz CT molecular complexity index is 816. The summed E-state index contributed by atoms with van der Waals surface area (Å²) < 4.78 is 11.3. The Morgan fingerprint density at radius 2 is 2.22 bits per heavy atom. The van der Waals surface area contributed by atoms with Gasteiger partial charge < -0.3 is 20.1 Å². The molecule has 2 heterocycles. The van der Waals surface area contributed by atoms with Crippen molar-refractivity contribution >= 4 is 29.1 Å². The lowest BCUT2D eigenvalue weighted by Gasteiger charge is -2.12. The molecule has 27 heavy (non-hydrogen) atoms. The zero-order valence-electron chi connectivity index (χ0n) is 14.8. The number of amides is 2. The molecule has 1 aromatic carbocycles. The molecule has 1 fully saturated rings. The summed E-state index contributed by atoms with van der Waals surface area (Å²) in [5.74, 6) is 1.46. The van der Waals surface area contributed by atoms with Gasteiger partial charge in [0.1, 0.15) is 17.8 Å². The van der Waals surface area contributed by atoms with Crippen LogP contribution in [0.5, 0.6) is 5.75 Å². The Labute approximate surface area is 161 Å². The molecule has 3 rings (SSSR count). The van der Waals surface area contributed by atoms with Gasteiger partial charge in [0.05, 0.1) is 36.9 Å². The van der Waals surface area contributed by atoms with E-state index in [0.29, 0.717) is 41.2 Å². The van der Waals surface area contributed by atoms with Crippen LogP contribution in [0.25, 0.3) is 0 Å². The van der Waals surface area contributed by atoms with Gasteiger partial charge in [0.2, 0.25) is 0 Å². The third kappa shape index (κ3) is 5.83. The fourth-order valence-corrected chi connectivity index (χ4v) is 2.47. The van der Waals surface area contributed by atoms with Crippen molar-refractivity contribution in [3.05, 3.63) is 53.3 Å². The van der Waals surface area contributed by atoms with Crippen LogP contribution in [0.1, 0.15) is 12.1 Å². The molecule has 0 aliphatic carbocycles. The monoisotopic (exact) mass is 389 g/mol. The fourth-order valence-electron chi connectivity index (χ4n) is 2.30. The van der Waals surface area contributed by atoms with Gasteiger partial charge in [0, 0.05) is 5.02 Å². The molecule has 1 aromatic heterocycles. The van der Waals surface area contributed by atoms with Crippen molar-refractivity contribution in [3.63, 3.8) is 0 Å². The highest BCUT2D eigenvalue weighted by Crippen LogP contribution is 2.28. The third-order valence-electron chi connectivity index (χ3n) is 3.61. The molecular weight excluding hydrogens is 370 g/mol. The van der Waals surface area contributed by atoms with Crippen LogP contribution in [-0.2, 0) is 4.74 Å². The molecule has 1 aliphatic rings. The number of carbonyl (C=O) groups excluding carboxylic acids is 1. The Morgan fingerprint density at radius 1 is 1.33 bits per heavy atom. The van der Waals surface area contributed by atoms with Gasteiger partial charge in [0.15, 0.2) is 5.82 Å². The van der Waals surface area contributed by atoms with Crippen LogP contribution in [0.15, 0.2) is 42.6 Å². The lowest BCUT2D eigenvalue weighted by Crippen LogP contribution is -2.20. The van der Waals surface area contributed by atoms with Crippen LogP contribution in [0.3, 0.4) is 0 Å². The molecule has 2 aromatic rings. The molecule has 9 heteroatoms. The molecule has 3 N–H and O–H groups in total. The summed E-state index contributed by atoms with van der Waals surface area (Å²) in [6, 6.07) is 4.46. The number of nitrogens with one attached hydrogen (secondary N) is 3. The quantitative estimate of drug-likeness (QED) is 0.694. The number of halogens is 1. The standard InChI is InChI=1S/C18H20ClN5O3/c1-12-8-22-17(10-21-12)24-18(25)23-15-7-13(19)3-4-16(15)27-11-14-9-20-5-2-6-26-14/h3-4,7-8,10-11,20H,2,5-6,9H2,1H3,(H2,22,23,24,25)/b14-11-. The summed E-state index contributed by atoms with van der Waals surface area (Å²) in [5, 5.41) is 9.01. The summed E-state index contributed by atoms with van der Waals surface area (Å²) in [6.07, 6.45) is 5.50. The van der Waals surface area contributed by atoms with Crippen LogP contribution >= 0.6 is 11.6 Å². The minimum absolute atomic E-state index is 0.336. The summed E-state index contributed by atoms with van der Waals surface area (Å²) >= 11 is 6.05. The van der Waals surface area contributed by atoms with E-state index in [1.807, 2.05) is 6.92 Å². The smallest absolute Gasteiger partial charge is 0.325 e. The molecular formula is C18H20ClN5O3. The van der Waals surface area contributed by atoms with Crippen LogP contribution < -0.4 is 20.7 Å². The maximum Gasteiger partial charge on any atom is 0.325 e. The first kappa shape index (κ1) is 18.9. The van der Waals surface area contributed by atoms with Crippen molar-refractivity contribution in [3.8, 4) is 5.75 Å². The first-order chi connectivity index (χ1) is 13.1. The van der Waals surface area contributed by atoms with E-state index in [1.54, 1.807) is 24.4 Å². The summed E-state index contributed by atoms with van der Waals surface area (Å²) in [4.78, 5) is 20.4. The van der Waals surface area contributed by atoms with E-state index in [2.05, 4.69) is 25.9 Å². The molecule has 2 amide bonds. The van der Waals surface area contributed by atoms with Crippen molar-refractivity contribution in [1.29, 1.82) is 0 Å². The van der Waals surface area contributed by atoms with E-state index in [-0.39, 0.29) is 0 Å². The largest absolute Gasteiger partial charge is 0.493 e. The average molecular weight is 390 g/mol. The van der Waals surface area contributed by atoms with Gasteiger partial charge in [-0.2, -0.15) is 0 Å². The minimum atomic E-state index is -0.486. The molecule has 0 radical (unpaired) electrons.